The number of amides is 2. The van der Waals surface area contributed by atoms with E-state index in [1.54, 1.807) is 0 Å². The van der Waals surface area contributed by atoms with E-state index in [0.29, 0.717) is 13.1 Å². The van der Waals surface area contributed by atoms with E-state index in [4.69, 9.17) is 0 Å². The summed E-state index contributed by atoms with van der Waals surface area (Å²) in [6.07, 6.45) is 0.836. The molecule has 4 nitrogen and oxygen atoms in total. The third-order valence-corrected chi connectivity index (χ3v) is 3.30. The van der Waals surface area contributed by atoms with Gasteiger partial charge in [-0.05, 0) is 47.9 Å². The fourth-order valence-corrected chi connectivity index (χ4v) is 2.21. The van der Waals surface area contributed by atoms with E-state index >= 15 is 0 Å². The molecule has 0 radical (unpaired) electrons. The van der Waals surface area contributed by atoms with Gasteiger partial charge in [0.2, 0.25) is 0 Å². The molecule has 2 amide bonds. The first kappa shape index (κ1) is 15.4. The molecule has 0 unspecified atom stereocenters. The molecule has 0 aliphatic carbocycles. The second-order valence-corrected chi connectivity index (χ2v) is 6.79. The van der Waals surface area contributed by atoms with Crippen LogP contribution in [-0.4, -0.2) is 24.1 Å². The summed E-state index contributed by atoms with van der Waals surface area (Å²) in [6.45, 7) is 9.67. The minimum absolute atomic E-state index is 0.0940. The minimum Gasteiger partial charge on any atom is -0.359 e. The predicted molar refractivity (Wildman–Crippen MR) is 87.6 cm³/mol. The minimum atomic E-state index is -0.0940. The summed E-state index contributed by atoms with van der Waals surface area (Å²) in [6, 6.07) is 8.42. The molecule has 0 saturated carbocycles. The lowest BCUT2D eigenvalue weighted by Gasteiger charge is -2.18. The molecule has 0 saturated heterocycles. The highest BCUT2D eigenvalue weighted by atomic mass is 16.2. The normalized spacial score (nSPS) is 11.6. The molecule has 3 N–H and O–H groups in total. The van der Waals surface area contributed by atoms with Crippen molar-refractivity contribution in [1.29, 1.82) is 0 Å². The Labute approximate surface area is 126 Å². The third kappa shape index (κ3) is 4.81. The first-order chi connectivity index (χ1) is 9.83. The first-order valence-corrected chi connectivity index (χ1v) is 7.43. The predicted octanol–water partition coefficient (Wildman–Crippen LogP) is 3.36. The van der Waals surface area contributed by atoms with Gasteiger partial charge in [0.25, 0.3) is 0 Å². The number of hydrogen-bond donors (Lipinski definition) is 3. The van der Waals surface area contributed by atoms with Crippen LogP contribution in [0.5, 0.6) is 0 Å². The molecule has 0 spiro atoms. The van der Waals surface area contributed by atoms with Gasteiger partial charge in [-0.3, -0.25) is 0 Å². The van der Waals surface area contributed by atoms with Crippen LogP contribution >= 0.6 is 0 Å². The van der Waals surface area contributed by atoms with Gasteiger partial charge in [-0.1, -0.05) is 26.8 Å². The average molecular weight is 287 g/mol. The highest BCUT2D eigenvalue weighted by Crippen LogP contribution is 2.17. The van der Waals surface area contributed by atoms with Gasteiger partial charge in [-0.15, -0.1) is 0 Å². The molecule has 114 valence electrons. The highest BCUT2D eigenvalue weighted by molar-refractivity contribution is 5.81. The van der Waals surface area contributed by atoms with Crippen molar-refractivity contribution in [2.45, 2.75) is 34.1 Å². The highest BCUT2D eigenvalue weighted by Gasteiger charge is 2.11. The smallest absolute Gasteiger partial charge is 0.314 e. The van der Waals surface area contributed by atoms with E-state index < -0.39 is 0 Å². The van der Waals surface area contributed by atoms with Crippen molar-refractivity contribution in [2.24, 2.45) is 5.41 Å². The van der Waals surface area contributed by atoms with Gasteiger partial charge in [0.05, 0.1) is 0 Å². The van der Waals surface area contributed by atoms with Gasteiger partial charge in [0.15, 0.2) is 0 Å². The molecule has 4 heteroatoms. The number of urea groups is 1. The Morgan fingerprint density at radius 1 is 1.19 bits per heavy atom. The largest absolute Gasteiger partial charge is 0.359 e. The van der Waals surface area contributed by atoms with Gasteiger partial charge in [0, 0.05) is 24.3 Å². The molecule has 1 heterocycles. The second kappa shape index (κ2) is 6.20. The Hall–Kier alpha value is -1.97. The van der Waals surface area contributed by atoms with Gasteiger partial charge in [-0.25, -0.2) is 4.79 Å². The number of carbonyl (C=O) groups is 1. The molecule has 21 heavy (non-hydrogen) atoms. The van der Waals surface area contributed by atoms with Gasteiger partial charge >= 0.3 is 6.03 Å². The lowest BCUT2D eigenvalue weighted by Crippen LogP contribution is -2.40. The molecule has 0 aliphatic heterocycles. The maximum Gasteiger partial charge on any atom is 0.314 e. The number of H-pyrrole nitrogens is 1. The van der Waals surface area contributed by atoms with Crippen molar-refractivity contribution in [2.75, 3.05) is 13.1 Å². The van der Waals surface area contributed by atoms with Crippen LogP contribution < -0.4 is 10.6 Å². The Morgan fingerprint density at radius 3 is 2.67 bits per heavy atom. The van der Waals surface area contributed by atoms with E-state index in [2.05, 4.69) is 67.6 Å². The summed E-state index contributed by atoms with van der Waals surface area (Å²) in [5.41, 5.74) is 3.67. The quantitative estimate of drug-likeness (QED) is 0.793. The van der Waals surface area contributed by atoms with E-state index in [1.807, 2.05) is 0 Å². The van der Waals surface area contributed by atoms with Gasteiger partial charge in [-0.2, -0.15) is 0 Å². The zero-order valence-electron chi connectivity index (χ0n) is 13.3. The fourth-order valence-electron chi connectivity index (χ4n) is 2.21. The van der Waals surface area contributed by atoms with Gasteiger partial charge in [0.1, 0.15) is 0 Å². The van der Waals surface area contributed by atoms with Crippen molar-refractivity contribution < 1.29 is 4.79 Å². The van der Waals surface area contributed by atoms with E-state index in [1.165, 1.54) is 16.6 Å². The van der Waals surface area contributed by atoms with Crippen molar-refractivity contribution in [1.82, 2.24) is 15.6 Å². The Bertz CT molecular complexity index is 622. The van der Waals surface area contributed by atoms with Crippen molar-refractivity contribution >= 4 is 16.9 Å². The molecule has 0 fully saturated rings. The SMILES string of the molecule is Cc1cc2cc(CCNC(=O)NCC(C)(C)C)ccc2[nH]1. The molecule has 1 aromatic heterocycles. The Morgan fingerprint density at radius 2 is 1.95 bits per heavy atom. The molecule has 0 atom stereocenters. The molecule has 2 rings (SSSR count). The van der Waals surface area contributed by atoms with Crippen LogP contribution in [0, 0.1) is 12.3 Å². The van der Waals surface area contributed by atoms with Gasteiger partial charge < -0.3 is 15.6 Å². The third-order valence-electron chi connectivity index (χ3n) is 3.30. The molecular formula is C17H25N3O. The van der Waals surface area contributed by atoms with Crippen molar-refractivity contribution in [3.63, 3.8) is 0 Å². The monoisotopic (exact) mass is 287 g/mol. The number of carbonyl (C=O) groups excluding carboxylic acids is 1. The van der Waals surface area contributed by atoms with Crippen LogP contribution in [0.3, 0.4) is 0 Å². The van der Waals surface area contributed by atoms with E-state index in [0.717, 1.165) is 11.9 Å². The number of hydrogen-bond acceptors (Lipinski definition) is 1. The average Bonchev–Trinajstić information content (AvgIpc) is 2.75. The standard InChI is InChI=1S/C17H25N3O/c1-12-9-14-10-13(5-6-15(14)20-12)7-8-18-16(21)19-11-17(2,3)4/h5-6,9-10,20H,7-8,11H2,1-4H3,(H2,18,19,21). The summed E-state index contributed by atoms with van der Waals surface area (Å²) >= 11 is 0. The topological polar surface area (TPSA) is 56.9 Å². The van der Waals surface area contributed by atoms with Crippen LogP contribution in [0.15, 0.2) is 24.3 Å². The number of aryl methyl sites for hydroxylation is 1. The van der Waals surface area contributed by atoms with Crippen LogP contribution in [0.4, 0.5) is 4.79 Å². The van der Waals surface area contributed by atoms with E-state index in [9.17, 15) is 4.79 Å². The summed E-state index contributed by atoms with van der Waals surface area (Å²) in [4.78, 5) is 15.0. The van der Waals surface area contributed by atoms with Crippen molar-refractivity contribution in [3.8, 4) is 0 Å². The molecule has 0 aliphatic rings. The number of fused-ring (bicyclic) bond motifs is 1. The molecule has 1 aromatic carbocycles. The Kier molecular flexibility index (Phi) is 4.56. The Balaban J connectivity index is 1.80. The van der Waals surface area contributed by atoms with Crippen LogP contribution in [-0.2, 0) is 6.42 Å². The summed E-state index contributed by atoms with van der Waals surface area (Å²) in [5.74, 6) is 0. The molecule has 2 aromatic rings. The summed E-state index contributed by atoms with van der Waals surface area (Å²) < 4.78 is 0. The maximum atomic E-state index is 11.7. The van der Waals surface area contributed by atoms with Crippen molar-refractivity contribution in [3.05, 3.63) is 35.5 Å². The summed E-state index contributed by atoms with van der Waals surface area (Å²) in [7, 11) is 0. The lowest BCUT2D eigenvalue weighted by molar-refractivity contribution is 0.235. The number of benzene rings is 1. The van der Waals surface area contributed by atoms with E-state index in [-0.39, 0.29) is 11.4 Å². The van der Waals surface area contributed by atoms with Crippen LogP contribution in [0.2, 0.25) is 0 Å². The second-order valence-electron chi connectivity index (χ2n) is 6.79. The first-order valence-electron chi connectivity index (χ1n) is 7.43. The van der Waals surface area contributed by atoms with Crippen LogP contribution in [0.25, 0.3) is 10.9 Å². The summed E-state index contributed by atoms with van der Waals surface area (Å²) in [5, 5.41) is 7.01. The number of aromatic amines is 1. The maximum absolute atomic E-state index is 11.7. The molecule has 0 bridgehead atoms. The zero-order chi connectivity index (χ0) is 15.5. The zero-order valence-corrected chi connectivity index (χ0v) is 13.3. The fraction of sp³-hybridized carbons (Fsp3) is 0.471. The lowest BCUT2D eigenvalue weighted by atomic mass is 9.97. The number of nitrogens with one attached hydrogen (secondary N) is 3. The number of rotatable bonds is 4. The van der Waals surface area contributed by atoms with Crippen LogP contribution in [0.1, 0.15) is 32.0 Å². The molecular weight excluding hydrogens is 262 g/mol. The number of aromatic nitrogens is 1.